The quantitative estimate of drug-likeness (QED) is 0.626. The number of carbonyl (C=O) groups excluding carboxylic acids is 1. The molecule has 0 fully saturated rings. The number of para-hydroxylation sites is 1. The first-order chi connectivity index (χ1) is 8.09. The topological polar surface area (TPSA) is 98.5 Å². The number of nitrogens with two attached hydrogens (primary N) is 1. The Hall–Kier alpha value is -1.76. The molecule has 1 aromatic carbocycles. The third-order valence-corrected chi connectivity index (χ3v) is 2.43. The lowest BCUT2D eigenvalue weighted by Gasteiger charge is -2.15. The molecule has 6 nitrogen and oxygen atoms in total. The van der Waals surface area contributed by atoms with E-state index in [1.165, 1.54) is 16.7 Å². The molecule has 0 saturated heterocycles. The van der Waals surface area contributed by atoms with Gasteiger partial charge >= 0.3 is 6.03 Å². The smallest absolute Gasteiger partial charge is 0.325 e. The van der Waals surface area contributed by atoms with Crippen LogP contribution in [0.5, 0.6) is 5.75 Å². The average molecular weight is 258 g/mol. The Bertz CT molecular complexity index is 426. The predicted molar refractivity (Wildman–Crippen MR) is 63.3 cm³/mol. The molecule has 1 aliphatic rings. The summed E-state index contributed by atoms with van der Waals surface area (Å²) >= 11 is 0. The van der Waals surface area contributed by atoms with E-state index in [1.54, 1.807) is 0 Å². The fourth-order valence-corrected chi connectivity index (χ4v) is 1.57. The molecule has 0 saturated carbocycles. The molecule has 2 amide bonds. The van der Waals surface area contributed by atoms with Gasteiger partial charge in [-0.1, -0.05) is 18.2 Å². The molecule has 1 aromatic rings. The Morgan fingerprint density at radius 3 is 2.59 bits per heavy atom. The number of rotatable bonds is 1. The molecule has 0 spiro atoms. The number of hydrogen-bond acceptors (Lipinski definition) is 4. The molecule has 0 aromatic heterocycles. The number of thiol groups is 1. The Morgan fingerprint density at radius 1 is 1.35 bits per heavy atom. The molecule has 7 heteroatoms. The molecule has 3 N–H and O–H groups in total. The largest absolute Gasteiger partial charge is 0.493 e. The lowest BCUT2D eigenvalue weighted by Crippen LogP contribution is -2.27. The van der Waals surface area contributed by atoms with Crippen LogP contribution >= 0.6 is 0 Å². The molecule has 2 rings (SSSR count). The van der Waals surface area contributed by atoms with Crippen molar-refractivity contribution in [3.05, 3.63) is 29.8 Å². The normalized spacial score (nSPS) is 12.8. The first-order valence-electron chi connectivity index (χ1n) is 5.01. The molecule has 0 atom stereocenters. The first kappa shape index (κ1) is 13.3. The van der Waals surface area contributed by atoms with Crippen molar-refractivity contribution < 1.29 is 17.9 Å². The number of carbonyl (C=O) groups is 1. The van der Waals surface area contributed by atoms with Crippen molar-refractivity contribution in [3.8, 4) is 5.75 Å². The monoisotopic (exact) mass is 258 g/mol. The van der Waals surface area contributed by atoms with Gasteiger partial charge in [0.15, 0.2) is 0 Å². The third kappa shape index (κ3) is 5.21. The molecule has 0 aliphatic carbocycles. The third-order valence-electron chi connectivity index (χ3n) is 2.02. The van der Waals surface area contributed by atoms with Crippen LogP contribution in [0, 0.1) is 0 Å². The van der Waals surface area contributed by atoms with Gasteiger partial charge in [0.05, 0.1) is 6.61 Å². The van der Waals surface area contributed by atoms with E-state index < -0.39 is 16.9 Å². The molecular weight excluding hydrogens is 244 g/mol. The van der Waals surface area contributed by atoms with Gasteiger partial charge in [-0.25, -0.2) is 17.9 Å². The van der Waals surface area contributed by atoms with Crippen molar-refractivity contribution in [2.75, 3.05) is 6.61 Å². The molecular formula is C10H14N2O4S. The SMILES string of the molecule is NC(=O)N[SH](=O)=O.c1ccc2c(c1)CCCO2. The molecule has 0 unspecified atom stereocenters. The molecule has 0 bridgehead atoms. The van der Waals surface area contributed by atoms with Gasteiger partial charge in [-0.15, -0.1) is 0 Å². The Kier molecular flexibility index (Phi) is 5.28. The van der Waals surface area contributed by atoms with E-state index in [9.17, 15) is 13.2 Å². The van der Waals surface area contributed by atoms with Crippen LogP contribution in [-0.4, -0.2) is 21.1 Å². The fraction of sp³-hybridized carbons (Fsp3) is 0.300. The van der Waals surface area contributed by atoms with E-state index in [2.05, 4.69) is 17.9 Å². The number of ether oxygens (including phenoxy) is 1. The summed E-state index contributed by atoms with van der Waals surface area (Å²) in [6.45, 7) is 0.886. The minimum absolute atomic E-state index is 0.886. The number of benzene rings is 1. The van der Waals surface area contributed by atoms with Crippen molar-refractivity contribution in [1.82, 2.24) is 4.72 Å². The molecule has 1 aliphatic heterocycles. The second-order valence-corrected chi connectivity index (χ2v) is 4.03. The Morgan fingerprint density at radius 2 is 2.06 bits per heavy atom. The highest BCUT2D eigenvalue weighted by Gasteiger charge is 2.06. The molecule has 0 radical (unpaired) electrons. The fourth-order valence-electron chi connectivity index (χ4n) is 1.39. The van der Waals surface area contributed by atoms with Gasteiger partial charge in [-0.3, -0.25) is 0 Å². The Labute approximate surface area is 101 Å². The van der Waals surface area contributed by atoms with Crippen molar-refractivity contribution in [3.63, 3.8) is 0 Å². The highest BCUT2D eigenvalue weighted by molar-refractivity contribution is 7.70. The van der Waals surface area contributed by atoms with Gasteiger partial charge < -0.3 is 10.5 Å². The number of urea groups is 1. The average Bonchev–Trinajstić information content (AvgIpc) is 2.28. The number of fused-ring (bicyclic) bond motifs is 1. The van der Waals surface area contributed by atoms with Crippen LogP contribution in [0.2, 0.25) is 0 Å². The van der Waals surface area contributed by atoms with Crippen LogP contribution in [0.3, 0.4) is 0 Å². The van der Waals surface area contributed by atoms with E-state index in [0.29, 0.717) is 0 Å². The first-order valence-corrected chi connectivity index (χ1v) is 6.18. The standard InChI is InChI=1S/C9H10O.CH4N2O3S/c1-2-6-9-8(4-1)5-3-7-10-9;2-1(4)3-7(5)6/h1-2,4,6H,3,5,7H2;7H,(H3,2,3,4,5,6). The minimum atomic E-state index is -2.86. The van der Waals surface area contributed by atoms with E-state index >= 15 is 0 Å². The number of hydrogen-bond donors (Lipinski definition) is 3. The maximum Gasteiger partial charge on any atom is 0.325 e. The van der Waals surface area contributed by atoms with Crippen LogP contribution in [0.15, 0.2) is 24.3 Å². The summed E-state index contributed by atoms with van der Waals surface area (Å²) < 4.78 is 25.7. The lowest BCUT2D eigenvalue weighted by molar-refractivity contribution is 0.254. The lowest BCUT2D eigenvalue weighted by atomic mass is 10.1. The van der Waals surface area contributed by atoms with Gasteiger partial charge in [0, 0.05) is 0 Å². The number of amides is 2. The van der Waals surface area contributed by atoms with E-state index in [0.717, 1.165) is 18.8 Å². The van der Waals surface area contributed by atoms with E-state index in [1.807, 2.05) is 12.1 Å². The van der Waals surface area contributed by atoms with E-state index in [4.69, 9.17) is 4.74 Å². The van der Waals surface area contributed by atoms with E-state index in [-0.39, 0.29) is 0 Å². The second-order valence-electron chi connectivity index (χ2n) is 3.29. The van der Waals surface area contributed by atoms with Crippen LogP contribution in [0.25, 0.3) is 0 Å². The molecule has 1 heterocycles. The zero-order valence-corrected chi connectivity index (χ0v) is 9.98. The zero-order chi connectivity index (χ0) is 12.7. The van der Waals surface area contributed by atoms with Crippen LogP contribution in [0.4, 0.5) is 4.79 Å². The maximum atomic E-state index is 9.54. The van der Waals surface area contributed by atoms with Crippen molar-refractivity contribution in [1.29, 1.82) is 0 Å². The van der Waals surface area contributed by atoms with Gasteiger partial charge in [-0.05, 0) is 24.5 Å². The molecule has 17 heavy (non-hydrogen) atoms. The van der Waals surface area contributed by atoms with Crippen molar-refractivity contribution in [2.24, 2.45) is 5.73 Å². The summed E-state index contributed by atoms with van der Waals surface area (Å²) in [4.78, 5) is 9.54. The van der Waals surface area contributed by atoms with Gasteiger partial charge in [0.2, 0.25) is 10.9 Å². The predicted octanol–water partition coefficient (Wildman–Crippen LogP) is 0.193. The van der Waals surface area contributed by atoms with Gasteiger partial charge in [0.1, 0.15) is 5.75 Å². The summed E-state index contributed by atoms with van der Waals surface area (Å²) in [5.41, 5.74) is 5.71. The summed E-state index contributed by atoms with van der Waals surface area (Å²) in [6, 6.07) is 7.19. The maximum absolute atomic E-state index is 9.54. The summed E-state index contributed by atoms with van der Waals surface area (Å²) in [7, 11) is -2.86. The summed E-state index contributed by atoms with van der Waals surface area (Å²) in [5.74, 6) is 1.08. The number of nitrogens with one attached hydrogen (secondary N) is 1. The summed E-state index contributed by atoms with van der Waals surface area (Å²) in [6.07, 6.45) is 2.34. The van der Waals surface area contributed by atoms with Crippen LogP contribution < -0.4 is 15.2 Å². The summed E-state index contributed by atoms with van der Waals surface area (Å²) in [5, 5.41) is 0. The number of aryl methyl sites for hydroxylation is 1. The van der Waals surface area contributed by atoms with Crippen LogP contribution in [0.1, 0.15) is 12.0 Å². The highest BCUT2D eigenvalue weighted by atomic mass is 32.2. The van der Waals surface area contributed by atoms with Crippen LogP contribution in [-0.2, 0) is 17.3 Å². The van der Waals surface area contributed by atoms with Gasteiger partial charge in [0.25, 0.3) is 0 Å². The van der Waals surface area contributed by atoms with Crippen molar-refractivity contribution >= 4 is 16.9 Å². The van der Waals surface area contributed by atoms with Crippen molar-refractivity contribution in [2.45, 2.75) is 12.8 Å². The second kappa shape index (κ2) is 6.74. The number of primary amides is 1. The molecule has 94 valence electrons. The minimum Gasteiger partial charge on any atom is -0.493 e. The van der Waals surface area contributed by atoms with Gasteiger partial charge in [-0.2, -0.15) is 0 Å². The zero-order valence-electron chi connectivity index (χ0n) is 9.09. The highest BCUT2D eigenvalue weighted by Crippen LogP contribution is 2.22. The Balaban J connectivity index is 0.000000185.